The summed E-state index contributed by atoms with van der Waals surface area (Å²) in [5, 5.41) is 6.89. The number of imidazole rings is 1. The van der Waals surface area contributed by atoms with Crippen LogP contribution in [0.4, 0.5) is 15.3 Å². The maximum absolute atomic E-state index is 13.2. The molecule has 3 aromatic heterocycles. The molecule has 0 saturated carbocycles. The van der Waals surface area contributed by atoms with Gasteiger partial charge in [-0.25, -0.2) is 19.3 Å². The summed E-state index contributed by atoms with van der Waals surface area (Å²) < 4.78 is 15.2. The van der Waals surface area contributed by atoms with Gasteiger partial charge < -0.3 is 15.2 Å². The molecular weight excluding hydrogens is 493 g/mol. The highest BCUT2D eigenvalue weighted by Crippen LogP contribution is 2.30. The van der Waals surface area contributed by atoms with Gasteiger partial charge in [0.1, 0.15) is 17.2 Å². The van der Waals surface area contributed by atoms with Crippen LogP contribution in [-0.4, -0.2) is 61.8 Å². The molecule has 37 heavy (non-hydrogen) atoms. The van der Waals surface area contributed by atoms with Crippen LogP contribution in [0.25, 0.3) is 21.5 Å². The number of fused-ring (bicyclic) bond motifs is 1. The normalized spacial score (nSPS) is 15.6. The molecule has 11 heteroatoms. The van der Waals surface area contributed by atoms with Crippen molar-refractivity contribution in [2.75, 3.05) is 25.0 Å². The maximum Gasteiger partial charge on any atom is 0.237 e. The summed E-state index contributed by atoms with van der Waals surface area (Å²) in [6.45, 7) is 5.44. The maximum atomic E-state index is 13.2. The highest BCUT2D eigenvalue weighted by atomic mass is 32.1. The van der Waals surface area contributed by atoms with Gasteiger partial charge in [-0.15, -0.1) is 0 Å². The van der Waals surface area contributed by atoms with E-state index in [2.05, 4.69) is 32.2 Å². The summed E-state index contributed by atoms with van der Waals surface area (Å²) >= 11 is 1.45. The number of benzene rings is 1. The van der Waals surface area contributed by atoms with Crippen LogP contribution in [0.2, 0.25) is 0 Å². The van der Waals surface area contributed by atoms with E-state index in [-0.39, 0.29) is 30.1 Å². The molecule has 1 aliphatic heterocycles. The molecule has 0 spiro atoms. The Morgan fingerprint density at radius 2 is 2.03 bits per heavy atom. The minimum atomic E-state index is -0.290. The van der Waals surface area contributed by atoms with Gasteiger partial charge in [0.05, 0.1) is 35.5 Å². The smallest absolute Gasteiger partial charge is 0.237 e. The summed E-state index contributed by atoms with van der Waals surface area (Å²) in [5.41, 5.74) is 2.51. The molecule has 1 aromatic carbocycles. The van der Waals surface area contributed by atoms with Crippen LogP contribution in [0.3, 0.4) is 0 Å². The molecule has 5 rings (SSSR count). The molecule has 0 unspecified atom stereocenters. The van der Waals surface area contributed by atoms with Gasteiger partial charge in [0, 0.05) is 25.4 Å². The standard InChI is InChI=1S/C26H26FN7O2S/c1-2-19(35)15-33-10-3-4-21(33)25(36)28-9-11-34-16-31-20-13-29-24(12-22(20)34)32-26-30-14-23(37-26)17-5-7-18(27)8-6-17/h2,5-8,12-14,16,21H,1,3-4,9-11,15H2,(H,28,36)(H,29,30,32)/t21-/m0/s1. The number of anilines is 2. The van der Waals surface area contributed by atoms with Crippen molar-refractivity contribution in [3.8, 4) is 10.4 Å². The quantitative estimate of drug-likeness (QED) is 0.307. The molecule has 9 nitrogen and oxygen atoms in total. The Morgan fingerprint density at radius 1 is 1.19 bits per heavy atom. The molecule has 0 bridgehead atoms. The van der Waals surface area contributed by atoms with E-state index in [1.807, 2.05) is 15.5 Å². The van der Waals surface area contributed by atoms with Gasteiger partial charge in [-0.3, -0.25) is 14.5 Å². The third-order valence-corrected chi connectivity index (χ3v) is 7.24. The topological polar surface area (TPSA) is 105 Å². The lowest BCUT2D eigenvalue weighted by molar-refractivity contribution is -0.126. The van der Waals surface area contributed by atoms with Gasteiger partial charge in [-0.2, -0.15) is 0 Å². The SMILES string of the molecule is C=CC(=O)CN1CCC[C@H]1C(=O)NCCn1cnc2cnc(Nc3ncc(-c4ccc(F)cc4)s3)cc21. The number of nitrogens with zero attached hydrogens (tertiary/aromatic N) is 5. The fourth-order valence-electron chi connectivity index (χ4n) is 4.39. The third-order valence-electron chi connectivity index (χ3n) is 6.28. The first-order valence-corrected chi connectivity index (χ1v) is 12.8. The number of halogens is 1. The average Bonchev–Trinajstić information content (AvgIpc) is 3.65. The minimum absolute atomic E-state index is 0.0662. The zero-order valence-corrected chi connectivity index (χ0v) is 20.9. The van der Waals surface area contributed by atoms with E-state index in [1.165, 1.54) is 29.5 Å². The Morgan fingerprint density at radius 3 is 2.84 bits per heavy atom. The lowest BCUT2D eigenvalue weighted by Crippen LogP contribution is -2.45. The molecule has 2 N–H and O–H groups in total. The molecule has 0 radical (unpaired) electrons. The van der Waals surface area contributed by atoms with Gasteiger partial charge in [-0.1, -0.05) is 30.0 Å². The molecule has 4 aromatic rings. The highest BCUT2D eigenvalue weighted by molar-refractivity contribution is 7.18. The molecule has 1 aliphatic rings. The largest absolute Gasteiger partial charge is 0.353 e. The van der Waals surface area contributed by atoms with Gasteiger partial charge >= 0.3 is 0 Å². The summed E-state index contributed by atoms with van der Waals surface area (Å²) in [4.78, 5) is 40.5. The number of hydrogen-bond acceptors (Lipinski definition) is 8. The second kappa shape index (κ2) is 11.0. The van der Waals surface area contributed by atoms with E-state index in [9.17, 15) is 14.0 Å². The van der Waals surface area contributed by atoms with E-state index in [1.54, 1.807) is 30.9 Å². The summed E-state index contributed by atoms with van der Waals surface area (Å²) in [5.74, 6) is 0.197. The first-order chi connectivity index (χ1) is 18.0. The number of amides is 1. The molecule has 1 amide bonds. The monoisotopic (exact) mass is 519 g/mol. The molecule has 1 fully saturated rings. The van der Waals surface area contributed by atoms with Crippen molar-refractivity contribution in [3.05, 3.63) is 67.5 Å². The van der Waals surface area contributed by atoms with Crippen LogP contribution >= 0.6 is 11.3 Å². The molecule has 1 saturated heterocycles. The molecule has 4 heterocycles. The van der Waals surface area contributed by atoms with E-state index >= 15 is 0 Å². The average molecular weight is 520 g/mol. The third kappa shape index (κ3) is 5.73. The molecular formula is C26H26FN7O2S. The van der Waals surface area contributed by atoms with Crippen LogP contribution in [-0.2, 0) is 16.1 Å². The van der Waals surface area contributed by atoms with Crippen molar-refractivity contribution in [2.45, 2.75) is 25.4 Å². The lowest BCUT2D eigenvalue weighted by Gasteiger charge is -2.22. The highest BCUT2D eigenvalue weighted by Gasteiger charge is 2.31. The summed E-state index contributed by atoms with van der Waals surface area (Å²) in [7, 11) is 0. The van der Waals surface area contributed by atoms with Gasteiger partial charge in [0.15, 0.2) is 10.9 Å². The number of rotatable bonds is 10. The van der Waals surface area contributed by atoms with E-state index in [0.29, 0.717) is 24.0 Å². The lowest BCUT2D eigenvalue weighted by atomic mass is 10.2. The summed E-state index contributed by atoms with van der Waals surface area (Å²) in [6.07, 6.45) is 8.09. The Bertz CT molecular complexity index is 1430. The Balaban J connectivity index is 1.21. The fraction of sp³-hybridized carbons (Fsp3) is 0.269. The fourth-order valence-corrected chi connectivity index (χ4v) is 5.22. The first-order valence-electron chi connectivity index (χ1n) is 12.0. The van der Waals surface area contributed by atoms with Crippen molar-refractivity contribution in [3.63, 3.8) is 0 Å². The molecule has 0 aliphatic carbocycles. The van der Waals surface area contributed by atoms with Crippen LogP contribution in [0.1, 0.15) is 12.8 Å². The Hall–Kier alpha value is -3.96. The number of hydrogen-bond donors (Lipinski definition) is 2. The van der Waals surface area contributed by atoms with Crippen molar-refractivity contribution in [2.24, 2.45) is 0 Å². The number of thiazole rings is 1. The van der Waals surface area contributed by atoms with Crippen LogP contribution in [0.15, 0.2) is 61.7 Å². The second-order valence-corrected chi connectivity index (χ2v) is 9.78. The van der Waals surface area contributed by atoms with Crippen molar-refractivity contribution < 1.29 is 14.0 Å². The van der Waals surface area contributed by atoms with E-state index in [0.717, 1.165) is 40.9 Å². The predicted molar refractivity (Wildman–Crippen MR) is 141 cm³/mol. The Labute approximate surface area is 217 Å². The van der Waals surface area contributed by atoms with E-state index < -0.39 is 0 Å². The van der Waals surface area contributed by atoms with Crippen LogP contribution in [0.5, 0.6) is 0 Å². The van der Waals surface area contributed by atoms with Gasteiger partial charge in [0.25, 0.3) is 0 Å². The second-order valence-electron chi connectivity index (χ2n) is 8.75. The minimum Gasteiger partial charge on any atom is -0.353 e. The predicted octanol–water partition coefficient (Wildman–Crippen LogP) is 3.77. The molecule has 1 atom stereocenters. The van der Waals surface area contributed by atoms with Crippen LogP contribution < -0.4 is 10.6 Å². The zero-order valence-electron chi connectivity index (χ0n) is 20.1. The van der Waals surface area contributed by atoms with Gasteiger partial charge in [-0.05, 0) is 43.2 Å². The Kier molecular flexibility index (Phi) is 7.33. The van der Waals surface area contributed by atoms with E-state index in [4.69, 9.17) is 0 Å². The number of aromatic nitrogens is 4. The number of carbonyl (C=O) groups is 2. The number of pyridine rings is 1. The number of nitrogens with one attached hydrogen (secondary N) is 2. The first kappa shape index (κ1) is 24.7. The van der Waals surface area contributed by atoms with Crippen LogP contribution in [0, 0.1) is 5.82 Å². The van der Waals surface area contributed by atoms with Crippen molar-refractivity contribution >= 4 is 45.0 Å². The number of carbonyl (C=O) groups excluding carboxylic acids is 2. The zero-order chi connectivity index (χ0) is 25.8. The van der Waals surface area contributed by atoms with Gasteiger partial charge in [0.2, 0.25) is 5.91 Å². The van der Waals surface area contributed by atoms with Crippen molar-refractivity contribution in [1.82, 2.24) is 29.7 Å². The van der Waals surface area contributed by atoms with Crippen molar-refractivity contribution in [1.29, 1.82) is 0 Å². The molecule has 190 valence electrons. The summed E-state index contributed by atoms with van der Waals surface area (Å²) in [6, 6.07) is 7.90. The number of likely N-dealkylation sites (tertiary alicyclic amines) is 1. The number of ketones is 1.